The van der Waals surface area contributed by atoms with Crippen LogP contribution in [0.3, 0.4) is 0 Å². The van der Waals surface area contributed by atoms with Crippen LogP contribution in [0, 0.1) is 0 Å². The number of carboxylic acid groups (broad SMARTS) is 1. The van der Waals surface area contributed by atoms with Crippen molar-refractivity contribution in [3.8, 4) is 0 Å². The average Bonchev–Trinajstić information content (AvgIpc) is 3.63. The number of ether oxygens (including phenoxy) is 1. The van der Waals surface area contributed by atoms with Crippen LogP contribution < -0.4 is 10.6 Å². The third kappa shape index (κ3) is 5.15. The predicted molar refractivity (Wildman–Crippen MR) is 127 cm³/mol. The predicted octanol–water partition coefficient (Wildman–Crippen LogP) is 3.47. The van der Waals surface area contributed by atoms with Gasteiger partial charge in [0, 0.05) is 41.7 Å². The van der Waals surface area contributed by atoms with E-state index in [0.29, 0.717) is 12.1 Å². The Balaban J connectivity index is 1.07. The maximum atomic E-state index is 12.2. The average molecular weight is 453 g/mol. The first-order chi connectivity index (χ1) is 16.1. The van der Waals surface area contributed by atoms with Gasteiger partial charge in [-0.15, -0.1) is 0 Å². The summed E-state index contributed by atoms with van der Waals surface area (Å²) in [7, 11) is 1.94. The molecule has 3 N–H and O–H groups in total. The second-order valence-corrected chi connectivity index (χ2v) is 9.95. The molecule has 7 heteroatoms. The molecule has 7 nitrogen and oxygen atoms in total. The van der Waals surface area contributed by atoms with E-state index in [0.717, 1.165) is 62.9 Å². The second-order valence-electron chi connectivity index (χ2n) is 9.95. The molecule has 0 spiro atoms. The molecule has 33 heavy (non-hydrogen) atoms. The zero-order valence-corrected chi connectivity index (χ0v) is 19.5. The van der Waals surface area contributed by atoms with Gasteiger partial charge in [0.15, 0.2) is 0 Å². The quantitative estimate of drug-likeness (QED) is 0.469. The van der Waals surface area contributed by atoms with Crippen LogP contribution in [0.5, 0.6) is 0 Å². The summed E-state index contributed by atoms with van der Waals surface area (Å²) in [5.74, 6) is -0.367. The van der Waals surface area contributed by atoms with Gasteiger partial charge in [0.2, 0.25) is 0 Å². The number of aliphatic carboxylic acids is 1. The Labute approximate surface area is 196 Å². The Morgan fingerprint density at radius 1 is 1.33 bits per heavy atom. The van der Waals surface area contributed by atoms with E-state index in [1.165, 1.54) is 24.1 Å². The van der Waals surface area contributed by atoms with E-state index >= 15 is 0 Å². The number of carboxylic acids is 1. The van der Waals surface area contributed by atoms with Crippen molar-refractivity contribution in [1.29, 1.82) is 0 Å². The molecule has 178 valence electrons. The molecule has 2 atom stereocenters. The largest absolute Gasteiger partial charge is 0.480 e. The lowest BCUT2D eigenvalue weighted by atomic mass is 9.86. The minimum atomic E-state index is -0.797. The molecule has 1 aromatic rings. The van der Waals surface area contributed by atoms with Gasteiger partial charge in [0.1, 0.15) is 6.04 Å². The number of hydrogen-bond donors (Lipinski definition) is 3. The standard InChI is InChI=1S/C26H36N4O3/c1-30(24(26(31)32)22-7-3-12-27-23(22)17-8-9-17)20-15-21(16-20)33-14-4-6-19-11-10-18-5-2-13-28-25(18)29-19/h3,7,10-12,17,20-21,24-25,28-29H,2,4-6,8-9,13-16H2,1H3,(H,31,32). The minimum absolute atomic E-state index is 0.225. The molecule has 0 aromatic carbocycles. The first-order valence-electron chi connectivity index (χ1n) is 12.5. The number of rotatable bonds is 10. The van der Waals surface area contributed by atoms with Crippen LogP contribution in [0.1, 0.15) is 74.6 Å². The molecular formula is C26H36N4O3. The first-order valence-corrected chi connectivity index (χ1v) is 12.5. The lowest BCUT2D eigenvalue weighted by Crippen LogP contribution is -2.49. The van der Waals surface area contributed by atoms with E-state index in [-0.39, 0.29) is 12.1 Å². The van der Waals surface area contributed by atoms with Crippen molar-refractivity contribution in [2.75, 3.05) is 20.2 Å². The molecule has 2 aliphatic heterocycles. The van der Waals surface area contributed by atoms with Crippen LogP contribution >= 0.6 is 0 Å². The summed E-state index contributed by atoms with van der Waals surface area (Å²) in [6.45, 7) is 1.82. The van der Waals surface area contributed by atoms with Gasteiger partial charge in [-0.05, 0) is 82.7 Å². The summed E-state index contributed by atoms with van der Waals surface area (Å²) >= 11 is 0. The number of hydrogen-bond acceptors (Lipinski definition) is 6. The van der Waals surface area contributed by atoms with E-state index in [1.54, 1.807) is 6.20 Å². The van der Waals surface area contributed by atoms with Gasteiger partial charge in [-0.3, -0.25) is 20.0 Å². The van der Waals surface area contributed by atoms with Gasteiger partial charge in [-0.1, -0.05) is 12.1 Å². The Hall–Kier alpha value is -2.22. The number of piperidine rings is 1. The summed E-state index contributed by atoms with van der Waals surface area (Å²) in [5.41, 5.74) is 4.57. The maximum Gasteiger partial charge on any atom is 0.325 e. The summed E-state index contributed by atoms with van der Waals surface area (Å²) in [4.78, 5) is 18.7. The molecule has 0 radical (unpaired) electrons. The van der Waals surface area contributed by atoms with Crippen molar-refractivity contribution in [2.24, 2.45) is 0 Å². The highest BCUT2D eigenvalue weighted by molar-refractivity contribution is 5.76. The summed E-state index contributed by atoms with van der Waals surface area (Å²) in [5, 5.41) is 17.1. The number of allylic oxidation sites excluding steroid dienone is 3. The summed E-state index contributed by atoms with van der Waals surface area (Å²) < 4.78 is 6.10. The molecule has 3 heterocycles. The lowest BCUT2D eigenvalue weighted by Gasteiger charge is -2.43. The fourth-order valence-corrected chi connectivity index (χ4v) is 5.35. The Kier molecular flexibility index (Phi) is 6.81. The van der Waals surface area contributed by atoms with Crippen molar-refractivity contribution < 1.29 is 14.6 Å². The molecular weight excluding hydrogens is 416 g/mol. The van der Waals surface area contributed by atoms with Crippen molar-refractivity contribution in [3.63, 3.8) is 0 Å². The highest BCUT2D eigenvalue weighted by atomic mass is 16.5. The highest BCUT2D eigenvalue weighted by Gasteiger charge is 2.40. The van der Waals surface area contributed by atoms with E-state index < -0.39 is 12.0 Å². The van der Waals surface area contributed by atoms with Gasteiger partial charge >= 0.3 is 5.97 Å². The fourth-order valence-electron chi connectivity index (χ4n) is 5.35. The van der Waals surface area contributed by atoms with E-state index in [4.69, 9.17) is 4.74 Å². The number of fused-ring (bicyclic) bond motifs is 1. The SMILES string of the molecule is CN(C1CC(OCCCC2=CC=C3CCCNC3N2)C1)C(C(=O)O)c1cccnc1C1CC1. The highest BCUT2D eigenvalue weighted by Crippen LogP contribution is 2.43. The van der Waals surface area contributed by atoms with Gasteiger partial charge < -0.3 is 15.2 Å². The first kappa shape index (κ1) is 22.6. The molecule has 2 aliphatic carbocycles. The zero-order valence-electron chi connectivity index (χ0n) is 19.5. The minimum Gasteiger partial charge on any atom is -0.480 e. The van der Waals surface area contributed by atoms with Gasteiger partial charge in [0.05, 0.1) is 12.3 Å². The monoisotopic (exact) mass is 452 g/mol. The topological polar surface area (TPSA) is 86.7 Å². The van der Waals surface area contributed by atoms with Crippen LogP contribution in [0.15, 0.2) is 41.8 Å². The van der Waals surface area contributed by atoms with Crippen LogP contribution in [-0.2, 0) is 9.53 Å². The Morgan fingerprint density at radius 3 is 2.97 bits per heavy atom. The maximum absolute atomic E-state index is 12.2. The molecule has 5 rings (SSSR count). The zero-order chi connectivity index (χ0) is 22.8. The van der Waals surface area contributed by atoms with E-state index in [2.05, 4.69) is 27.8 Å². The Morgan fingerprint density at radius 2 is 2.18 bits per heavy atom. The van der Waals surface area contributed by atoms with Crippen LogP contribution in [0.25, 0.3) is 0 Å². The number of likely N-dealkylation sites (N-methyl/N-ethyl adjacent to an activating group) is 1. The molecule has 3 fully saturated rings. The van der Waals surface area contributed by atoms with Gasteiger partial charge in [-0.25, -0.2) is 0 Å². The van der Waals surface area contributed by atoms with Crippen LogP contribution in [0.4, 0.5) is 0 Å². The molecule has 0 amide bonds. The molecule has 2 unspecified atom stereocenters. The van der Waals surface area contributed by atoms with Crippen molar-refractivity contribution >= 4 is 5.97 Å². The van der Waals surface area contributed by atoms with Crippen molar-refractivity contribution in [3.05, 3.63) is 53.0 Å². The number of nitrogens with zero attached hydrogens (tertiary/aromatic N) is 2. The van der Waals surface area contributed by atoms with E-state index in [1.807, 2.05) is 24.1 Å². The van der Waals surface area contributed by atoms with Crippen molar-refractivity contribution in [1.82, 2.24) is 20.5 Å². The van der Waals surface area contributed by atoms with E-state index in [9.17, 15) is 9.90 Å². The number of pyridine rings is 1. The Bertz CT molecular complexity index is 920. The molecule has 4 aliphatic rings. The summed E-state index contributed by atoms with van der Waals surface area (Å²) in [6.07, 6.45) is 15.2. The van der Waals surface area contributed by atoms with Crippen LogP contribution in [-0.4, -0.2) is 59.5 Å². The van der Waals surface area contributed by atoms with Crippen molar-refractivity contribution in [2.45, 2.75) is 81.6 Å². The smallest absolute Gasteiger partial charge is 0.325 e. The number of carbonyl (C=O) groups is 1. The van der Waals surface area contributed by atoms with Gasteiger partial charge in [0.25, 0.3) is 0 Å². The summed E-state index contributed by atoms with van der Waals surface area (Å²) in [6, 6.07) is 3.38. The molecule has 1 saturated heterocycles. The molecule has 2 saturated carbocycles. The number of aromatic nitrogens is 1. The molecule has 1 aromatic heterocycles. The number of nitrogens with one attached hydrogen (secondary N) is 2. The molecule has 0 bridgehead atoms. The lowest BCUT2D eigenvalue weighted by molar-refractivity contribution is -0.146. The second kappa shape index (κ2) is 9.95. The third-order valence-electron chi connectivity index (χ3n) is 7.55. The van der Waals surface area contributed by atoms with Gasteiger partial charge in [-0.2, -0.15) is 0 Å². The number of dihydropyridines is 1. The fraction of sp³-hybridized carbons (Fsp3) is 0.615. The third-order valence-corrected chi connectivity index (χ3v) is 7.55. The van der Waals surface area contributed by atoms with Crippen LogP contribution in [0.2, 0.25) is 0 Å². The normalized spacial score (nSPS) is 27.6.